The van der Waals surface area contributed by atoms with Gasteiger partial charge in [-0.05, 0) is 31.2 Å². The average molecular weight is 368 g/mol. The molecule has 0 unspecified atom stereocenters. The minimum absolute atomic E-state index is 0.654. The number of hydrazone groups is 1. The van der Waals surface area contributed by atoms with Gasteiger partial charge >= 0.3 is 0 Å². The van der Waals surface area contributed by atoms with Crippen molar-refractivity contribution >= 4 is 28.6 Å². The molecule has 0 saturated carbocycles. The lowest BCUT2D eigenvalue weighted by atomic mass is 10.1. The van der Waals surface area contributed by atoms with Crippen LogP contribution in [-0.2, 0) is 7.05 Å². The van der Waals surface area contributed by atoms with Gasteiger partial charge in [-0.1, -0.05) is 36.4 Å². The van der Waals surface area contributed by atoms with Crippen LogP contribution in [0.2, 0.25) is 0 Å². The average Bonchev–Trinajstić information content (AvgIpc) is 2.99. The van der Waals surface area contributed by atoms with Gasteiger partial charge in [0.2, 0.25) is 11.5 Å². The standard InChI is InChI=1S/C23H21N5/c1-17-20(19-12-6-7-14-22(19)28(17)2)16-25-27-23(21-13-8-9-15-24-21)26-18-10-4-3-5-11-18/h3-16H,1-2H3,(H,26,27)/p+1. The van der Waals surface area contributed by atoms with E-state index in [-0.39, 0.29) is 0 Å². The Morgan fingerprint density at radius 3 is 2.50 bits per heavy atom. The number of benzene rings is 2. The fourth-order valence-electron chi connectivity index (χ4n) is 3.19. The molecule has 2 N–H and O–H groups in total. The second-order valence-corrected chi connectivity index (χ2v) is 6.52. The van der Waals surface area contributed by atoms with Gasteiger partial charge in [0.25, 0.3) is 0 Å². The molecular weight excluding hydrogens is 346 g/mol. The van der Waals surface area contributed by atoms with Crippen LogP contribution in [0, 0.1) is 6.92 Å². The number of nitrogens with one attached hydrogen (secondary N) is 2. The highest BCUT2D eigenvalue weighted by Crippen LogP contribution is 2.23. The van der Waals surface area contributed by atoms with Crippen molar-refractivity contribution in [3.05, 3.63) is 95.9 Å². The van der Waals surface area contributed by atoms with Gasteiger partial charge in [-0.2, -0.15) is 5.10 Å². The second kappa shape index (κ2) is 7.88. The van der Waals surface area contributed by atoms with Crippen LogP contribution in [0.4, 0.5) is 5.69 Å². The molecule has 0 aliphatic rings. The summed E-state index contributed by atoms with van der Waals surface area (Å²) in [7, 11) is 2.07. The Morgan fingerprint density at radius 1 is 0.964 bits per heavy atom. The summed E-state index contributed by atoms with van der Waals surface area (Å²) >= 11 is 0. The van der Waals surface area contributed by atoms with Gasteiger partial charge in [-0.3, -0.25) is 5.43 Å². The molecule has 0 spiro atoms. The fourth-order valence-corrected chi connectivity index (χ4v) is 3.19. The highest BCUT2D eigenvalue weighted by Gasteiger charge is 2.11. The molecule has 0 fully saturated rings. The molecule has 0 radical (unpaired) electrons. The third-order valence-corrected chi connectivity index (χ3v) is 4.77. The van der Waals surface area contributed by atoms with Gasteiger partial charge in [0.15, 0.2) is 6.20 Å². The van der Waals surface area contributed by atoms with E-state index in [1.165, 1.54) is 16.6 Å². The Balaban J connectivity index is 1.67. The van der Waals surface area contributed by atoms with Crippen molar-refractivity contribution in [3.8, 4) is 0 Å². The summed E-state index contributed by atoms with van der Waals surface area (Å²) in [6.07, 6.45) is 3.73. The molecule has 5 nitrogen and oxygen atoms in total. The first-order valence-electron chi connectivity index (χ1n) is 9.18. The van der Waals surface area contributed by atoms with Gasteiger partial charge in [0.1, 0.15) is 0 Å². The summed E-state index contributed by atoms with van der Waals surface area (Å²) < 4.78 is 2.18. The molecule has 5 heteroatoms. The number of pyridine rings is 1. The predicted octanol–water partition coefficient (Wildman–Crippen LogP) is 4.00. The molecule has 2 heterocycles. The maximum Gasteiger partial charge on any atom is 0.248 e. The Bertz CT molecular complexity index is 1140. The van der Waals surface area contributed by atoms with E-state index in [1.807, 2.05) is 67.0 Å². The molecule has 0 aliphatic heterocycles. The van der Waals surface area contributed by atoms with Crippen molar-refractivity contribution in [2.24, 2.45) is 17.1 Å². The molecule has 0 bridgehead atoms. The van der Waals surface area contributed by atoms with Crippen LogP contribution in [0.1, 0.15) is 17.0 Å². The van der Waals surface area contributed by atoms with E-state index in [9.17, 15) is 0 Å². The quantitative estimate of drug-likeness (QED) is 0.330. The van der Waals surface area contributed by atoms with Crippen molar-refractivity contribution in [1.82, 2.24) is 9.99 Å². The zero-order valence-corrected chi connectivity index (χ0v) is 15.9. The Morgan fingerprint density at radius 2 is 1.71 bits per heavy atom. The number of aliphatic imine (C=N–C) groups is 1. The summed E-state index contributed by atoms with van der Waals surface area (Å²) in [5, 5.41) is 5.68. The summed E-state index contributed by atoms with van der Waals surface area (Å²) in [5.41, 5.74) is 8.29. The maximum atomic E-state index is 4.71. The lowest BCUT2D eigenvalue weighted by molar-refractivity contribution is -0.380. The number of nitrogens with zero attached hydrogens (tertiary/aromatic N) is 3. The van der Waals surface area contributed by atoms with Crippen molar-refractivity contribution in [3.63, 3.8) is 0 Å². The van der Waals surface area contributed by atoms with E-state index in [4.69, 9.17) is 4.99 Å². The van der Waals surface area contributed by atoms with Crippen molar-refractivity contribution in [2.45, 2.75) is 6.92 Å². The molecule has 138 valence electrons. The van der Waals surface area contributed by atoms with E-state index in [0.717, 1.165) is 16.9 Å². The number of para-hydroxylation sites is 2. The zero-order valence-electron chi connectivity index (χ0n) is 15.9. The number of hydrogen-bond donors (Lipinski definition) is 1. The van der Waals surface area contributed by atoms with E-state index in [2.05, 4.69) is 52.2 Å². The van der Waals surface area contributed by atoms with Gasteiger partial charge in [-0.15, -0.1) is 0 Å². The van der Waals surface area contributed by atoms with E-state index >= 15 is 0 Å². The second-order valence-electron chi connectivity index (χ2n) is 6.52. The van der Waals surface area contributed by atoms with Gasteiger partial charge in [0.05, 0.1) is 11.9 Å². The molecule has 0 saturated heterocycles. The predicted molar refractivity (Wildman–Crippen MR) is 114 cm³/mol. The topological polar surface area (TPSA) is 55.8 Å². The first-order chi connectivity index (χ1) is 13.7. The normalized spacial score (nSPS) is 12.0. The van der Waals surface area contributed by atoms with Crippen LogP contribution in [-0.4, -0.2) is 16.6 Å². The van der Waals surface area contributed by atoms with E-state index in [1.54, 1.807) is 0 Å². The van der Waals surface area contributed by atoms with Crippen LogP contribution in [0.15, 0.2) is 89.1 Å². The Hall–Kier alpha value is -3.73. The third kappa shape index (κ3) is 3.55. The van der Waals surface area contributed by atoms with Crippen molar-refractivity contribution in [2.75, 3.05) is 0 Å². The molecule has 0 amide bonds. The van der Waals surface area contributed by atoms with Crippen molar-refractivity contribution < 1.29 is 4.98 Å². The molecule has 4 aromatic rings. The van der Waals surface area contributed by atoms with Crippen LogP contribution in [0.5, 0.6) is 0 Å². The summed E-state index contributed by atoms with van der Waals surface area (Å²) in [6, 6.07) is 24.0. The highest BCUT2D eigenvalue weighted by molar-refractivity contribution is 6.02. The first-order valence-corrected chi connectivity index (χ1v) is 9.18. The minimum atomic E-state index is 0.654. The number of aryl methyl sites for hydroxylation is 1. The zero-order chi connectivity index (χ0) is 19.3. The summed E-state index contributed by atoms with van der Waals surface area (Å²) in [6.45, 7) is 2.10. The SMILES string of the molecule is Cc1c(C=NNC(=Nc2ccccc2)c2cccc[nH+]2)c2ccccc2n1C. The van der Waals surface area contributed by atoms with Gasteiger partial charge in [0, 0.05) is 41.3 Å². The number of amidine groups is 1. The Labute approximate surface area is 164 Å². The maximum absolute atomic E-state index is 4.71. The summed E-state index contributed by atoms with van der Waals surface area (Å²) in [5.74, 6) is 0.654. The molecular formula is C23H22N5+. The van der Waals surface area contributed by atoms with Crippen LogP contribution in [0.25, 0.3) is 10.9 Å². The van der Waals surface area contributed by atoms with Gasteiger partial charge < -0.3 is 4.57 Å². The van der Waals surface area contributed by atoms with Crippen LogP contribution in [0.3, 0.4) is 0 Å². The first kappa shape index (κ1) is 17.7. The molecule has 4 rings (SSSR count). The lowest BCUT2D eigenvalue weighted by Crippen LogP contribution is -2.26. The largest absolute Gasteiger partial charge is 0.347 e. The molecule has 0 aliphatic carbocycles. The number of H-pyrrole nitrogens is 1. The molecule has 28 heavy (non-hydrogen) atoms. The number of hydrogen-bond acceptors (Lipinski definition) is 2. The van der Waals surface area contributed by atoms with Gasteiger partial charge in [-0.25, -0.2) is 9.98 Å². The van der Waals surface area contributed by atoms with Crippen molar-refractivity contribution in [1.29, 1.82) is 0 Å². The number of aromatic nitrogens is 2. The molecule has 0 atom stereocenters. The van der Waals surface area contributed by atoms with Crippen LogP contribution < -0.4 is 10.4 Å². The number of fused-ring (bicyclic) bond motifs is 1. The van der Waals surface area contributed by atoms with E-state index < -0.39 is 0 Å². The third-order valence-electron chi connectivity index (χ3n) is 4.77. The monoisotopic (exact) mass is 368 g/mol. The molecule has 2 aromatic carbocycles. The highest BCUT2D eigenvalue weighted by atomic mass is 15.3. The number of aromatic amines is 1. The smallest absolute Gasteiger partial charge is 0.248 e. The van der Waals surface area contributed by atoms with E-state index in [0.29, 0.717) is 5.84 Å². The molecule has 2 aromatic heterocycles. The number of rotatable bonds is 4. The summed E-state index contributed by atoms with van der Waals surface area (Å²) in [4.78, 5) is 7.92. The fraction of sp³-hybridized carbons (Fsp3) is 0.0870. The lowest BCUT2D eigenvalue weighted by Gasteiger charge is -2.02. The minimum Gasteiger partial charge on any atom is -0.347 e. The van der Waals surface area contributed by atoms with Crippen LogP contribution >= 0.6 is 0 Å². The Kier molecular flexibility index (Phi) is 4.97.